The summed E-state index contributed by atoms with van der Waals surface area (Å²) in [6.45, 7) is 2.04. The number of benzene rings is 3. The summed E-state index contributed by atoms with van der Waals surface area (Å²) < 4.78 is 32.4. The molecule has 0 amide bonds. The number of ether oxygens (including phenoxy) is 6. The monoisotopic (exact) mass is 480 g/mol. The molecule has 0 fully saturated rings. The predicted octanol–water partition coefficient (Wildman–Crippen LogP) is 4.49. The zero-order chi connectivity index (χ0) is 24.7. The van der Waals surface area contributed by atoms with Crippen molar-refractivity contribution < 1.29 is 38.0 Å². The Morgan fingerprint density at radius 1 is 0.714 bits per heavy atom. The minimum atomic E-state index is -0.544. The summed E-state index contributed by atoms with van der Waals surface area (Å²) in [6.07, 6.45) is -0.495. The van der Waals surface area contributed by atoms with Crippen LogP contribution in [0.4, 0.5) is 0 Å². The third-order valence-corrected chi connectivity index (χ3v) is 4.59. The fourth-order valence-electron chi connectivity index (χ4n) is 2.90. The van der Waals surface area contributed by atoms with E-state index in [2.05, 4.69) is 0 Å². The summed E-state index contributed by atoms with van der Waals surface area (Å²) >= 11 is 0. The van der Waals surface area contributed by atoms with Gasteiger partial charge in [-0.1, -0.05) is 48.5 Å². The highest BCUT2D eigenvalue weighted by molar-refractivity contribution is 5.92. The maximum atomic E-state index is 12.6. The zero-order valence-electron chi connectivity index (χ0n) is 19.5. The Morgan fingerprint density at radius 2 is 1.37 bits per heavy atom. The van der Waals surface area contributed by atoms with E-state index in [4.69, 9.17) is 28.4 Å². The normalized spacial score (nSPS) is 11.3. The van der Waals surface area contributed by atoms with Crippen LogP contribution in [0.2, 0.25) is 0 Å². The molecule has 3 aromatic carbocycles. The number of rotatable bonds is 14. The smallest absolute Gasteiger partial charge is 0.342 e. The molecule has 0 aliphatic rings. The Labute approximate surface area is 204 Å². The second-order valence-corrected chi connectivity index (χ2v) is 7.33. The van der Waals surface area contributed by atoms with Gasteiger partial charge in [0.05, 0.1) is 18.8 Å². The third kappa shape index (κ3) is 9.11. The molecular formula is C27H28O8. The average Bonchev–Trinajstić information content (AvgIpc) is 2.89. The first-order valence-corrected chi connectivity index (χ1v) is 11.1. The Kier molecular flexibility index (Phi) is 10.6. The van der Waals surface area contributed by atoms with Gasteiger partial charge in [0.15, 0.2) is 13.6 Å². The van der Waals surface area contributed by atoms with Gasteiger partial charge in [0, 0.05) is 0 Å². The highest BCUT2D eigenvalue weighted by atomic mass is 16.7. The lowest BCUT2D eigenvalue weighted by molar-refractivity contribution is -0.0373. The van der Waals surface area contributed by atoms with Crippen LogP contribution in [0.1, 0.15) is 27.6 Å². The number of carbonyl (C=O) groups is 2. The predicted molar refractivity (Wildman–Crippen MR) is 127 cm³/mol. The van der Waals surface area contributed by atoms with E-state index in [1.807, 2.05) is 36.4 Å². The van der Waals surface area contributed by atoms with Crippen LogP contribution in [0.5, 0.6) is 11.5 Å². The van der Waals surface area contributed by atoms with Crippen molar-refractivity contribution in [1.29, 1.82) is 0 Å². The molecule has 0 saturated carbocycles. The van der Waals surface area contributed by atoms with E-state index in [1.165, 1.54) is 0 Å². The average molecular weight is 481 g/mol. The minimum absolute atomic E-state index is 0.0452. The van der Waals surface area contributed by atoms with E-state index in [0.717, 1.165) is 0 Å². The van der Waals surface area contributed by atoms with Crippen molar-refractivity contribution >= 4 is 11.9 Å². The minimum Gasteiger partial charge on any atom is -0.468 e. The Hall–Kier alpha value is -3.88. The fraction of sp³-hybridized carbons (Fsp3) is 0.259. The van der Waals surface area contributed by atoms with E-state index in [0.29, 0.717) is 17.1 Å². The van der Waals surface area contributed by atoms with Gasteiger partial charge in [-0.2, -0.15) is 0 Å². The van der Waals surface area contributed by atoms with Crippen molar-refractivity contribution in [2.45, 2.75) is 13.0 Å². The van der Waals surface area contributed by atoms with Gasteiger partial charge in [0.1, 0.15) is 29.8 Å². The molecule has 0 aromatic heterocycles. The zero-order valence-corrected chi connectivity index (χ0v) is 19.5. The van der Waals surface area contributed by atoms with Crippen molar-refractivity contribution in [2.24, 2.45) is 0 Å². The number of hydrogen-bond acceptors (Lipinski definition) is 8. The molecule has 35 heavy (non-hydrogen) atoms. The lowest BCUT2D eigenvalue weighted by Gasteiger charge is -2.16. The highest BCUT2D eigenvalue weighted by Gasteiger charge is 2.17. The molecule has 0 saturated heterocycles. The topological polar surface area (TPSA) is 89.5 Å². The molecule has 3 aromatic rings. The van der Waals surface area contributed by atoms with Crippen LogP contribution in [0.25, 0.3) is 0 Å². The summed E-state index contributed by atoms with van der Waals surface area (Å²) in [5.41, 5.74) is 0.735. The van der Waals surface area contributed by atoms with Gasteiger partial charge in [-0.25, -0.2) is 9.59 Å². The molecule has 1 atom stereocenters. The first kappa shape index (κ1) is 25.7. The summed E-state index contributed by atoms with van der Waals surface area (Å²) in [6, 6.07) is 24.7. The molecule has 0 aliphatic heterocycles. The lowest BCUT2D eigenvalue weighted by Crippen LogP contribution is -2.22. The van der Waals surface area contributed by atoms with Gasteiger partial charge in [-0.05, 0) is 43.3 Å². The molecule has 0 heterocycles. The second-order valence-electron chi connectivity index (χ2n) is 7.33. The highest BCUT2D eigenvalue weighted by Crippen LogP contribution is 2.20. The van der Waals surface area contributed by atoms with Gasteiger partial charge >= 0.3 is 11.9 Å². The largest absolute Gasteiger partial charge is 0.468 e. The van der Waals surface area contributed by atoms with E-state index in [9.17, 15) is 9.59 Å². The number of para-hydroxylation sites is 2. The van der Waals surface area contributed by atoms with Gasteiger partial charge in [-0.3, -0.25) is 0 Å². The van der Waals surface area contributed by atoms with Crippen molar-refractivity contribution in [3.8, 4) is 11.5 Å². The van der Waals surface area contributed by atoms with Crippen molar-refractivity contribution in [3.05, 3.63) is 96.1 Å². The van der Waals surface area contributed by atoms with Gasteiger partial charge in [-0.15, -0.1) is 0 Å². The number of esters is 2. The van der Waals surface area contributed by atoms with Crippen molar-refractivity contribution in [3.63, 3.8) is 0 Å². The molecule has 0 bridgehead atoms. The standard InChI is InChI=1S/C27H28O8/c1-21(18-31-20-33-23-12-6-3-7-13-23)35-27(29)24-14-8-9-15-25(24)34-19-30-16-17-32-26(28)22-10-4-2-5-11-22/h2-15,21H,16-20H2,1H3. The quantitative estimate of drug-likeness (QED) is 0.189. The fourth-order valence-corrected chi connectivity index (χ4v) is 2.90. The van der Waals surface area contributed by atoms with Crippen LogP contribution in [-0.4, -0.2) is 51.4 Å². The van der Waals surface area contributed by atoms with Gasteiger partial charge in [0.2, 0.25) is 0 Å². The molecule has 0 aliphatic carbocycles. The molecular weight excluding hydrogens is 452 g/mol. The first-order chi connectivity index (χ1) is 17.1. The molecule has 8 nitrogen and oxygen atoms in total. The third-order valence-electron chi connectivity index (χ3n) is 4.59. The molecule has 0 N–H and O–H groups in total. The summed E-state index contributed by atoms with van der Waals surface area (Å²) in [7, 11) is 0. The van der Waals surface area contributed by atoms with Crippen LogP contribution in [-0.2, 0) is 18.9 Å². The summed E-state index contributed by atoms with van der Waals surface area (Å²) in [5, 5.41) is 0. The Balaban J connectivity index is 1.34. The van der Waals surface area contributed by atoms with Crippen LogP contribution in [0, 0.1) is 0 Å². The van der Waals surface area contributed by atoms with E-state index in [-0.39, 0.29) is 39.0 Å². The van der Waals surface area contributed by atoms with E-state index >= 15 is 0 Å². The molecule has 184 valence electrons. The maximum Gasteiger partial charge on any atom is 0.342 e. The Bertz CT molecular complexity index is 1040. The first-order valence-electron chi connectivity index (χ1n) is 11.1. The number of carbonyl (C=O) groups excluding carboxylic acids is 2. The van der Waals surface area contributed by atoms with E-state index < -0.39 is 18.0 Å². The van der Waals surface area contributed by atoms with Crippen molar-refractivity contribution in [1.82, 2.24) is 0 Å². The summed E-state index contributed by atoms with van der Waals surface area (Å²) in [4.78, 5) is 24.5. The molecule has 0 spiro atoms. The molecule has 0 radical (unpaired) electrons. The SMILES string of the molecule is CC(COCOc1ccccc1)OC(=O)c1ccccc1OCOCCOC(=O)c1ccccc1. The lowest BCUT2D eigenvalue weighted by atomic mass is 10.2. The molecule has 3 rings (SSSR count). The Morgan fingerprint density at radius 3 is 2.14 bits per heavy atom. The molecule has 1 unspecified atom stereocenters. The maximum absolute atomic E-state index is 12.6. The molecule has 8 heteroatoms. The van der Waals surface area contributed by atoms with Crippen molar-refractivity contribution in [2.75, 3.05) is 33.4 Å². The van der Waals surface area contributed by atoms with E-state index in [1.54, 1.807) is 55.5 Å². The van der Waals surface area contributed by atoms with Crippen LogP contribution in [0.3, 0.4) is 0 Å². The van der Waals surface area contributed by atoms with Crippen LogP contribution in [0.15, 0.2) is 84.9 Å². The summed E-state index contributed by atoms with van der Waals surface area (Å²) in [5.74, 6) is 0.0458. The second kappa shape index (κ2) is 14.4. The number of hydrogen-bond donors (Lipinski definition) is 0. The van der Waals surface area contributed by atoms with Crippen LogP contribution >= 0.6 is 0 Å². The van der Waals surface area contributed by atoms with Crippen LogP contribution < -0.4 is 9.47 Å². The van der Waals surface area contributed by atoms with Gasteiger partial charge < -0.3 is 28.4 Å². The van der Waals surface area contributed by atoms with Gasteiger partial charge in [0.25, 0.3) is 0 Å².